The number of anilines is 1. The van der Waals surface area contributed by atoms with E-state index in [2.05, 4.69) is 11.8 Å². The molecule has 0 unspecified atom stereocenters. The van der Waals surface area contributed by atoms with E-state index in [1.807, 2.05) is 6.92 Å². The van der Waals surface area contributed by atoms with Gasteiger partial charge in [-0.1, -0.05) is 25.1 Å². The van der Waals surface area contributed by atoms with Gasteiger partial charge in [-0.15, -0.1) is 0 Å². The van der Waals surface area contributed by atoms with Crippen LogP contribution in [0.25, 0.3) is 0 Å². The zero-order valence-electron chi connectivity index (χ0n) is 17.5. The first-order valence-corrected chi connectivity index (χ1v) is 11.7. The van der Waals surface area contributed by atoms with Crippen LogP contribution >= 0.6 is 0 Å². The summed E-state index contributed by atoms with van der Waals surface area (Å²) >= 11 is 0. The second-order valence-electron chi connectivity index (χ2n) is 7.07. The van der Waals surface area contributed by atoms with Gasteiger partial charge in [-0.2, -0.15) is 0 Å². The molecular formula is C22H29N3O4S. The topological polar surface area (TPSA) is 70.2 Å². The Balaban J connectivity index is 1.87. The van der Waals surface area contributed by atoms with Crippen LogP contribution in [0.4, 0.5) is 5.69 Å². The molecule has 1 aliphatic rings. The molecule has 30 heavy (non-hydrogen) atoms. The van der Waals surface area contributed by atoms with Gasteiger partial charge in [0.2, 0.25) is 5.91 Å². The Labute approximate surface area is 178 Å². The number of piperazine rings is 1. The largest absolute Gasteiger partial charge is 0.494 e. The first-order valence-electron chi connectivity index (χ1n) is 10.3. The van der Waals surface area contributed by atoms with Crippen LogP contribution < -0.4 is 9.04 Å². The second kappa shape index (κ2) is 9.95. The van der Waals surface area contributed by atoms with E-state index >= 15 is 0 Å². The number of likely N-dealkylation sites (N-methyl/N-ethyl adjacent to an activating group) is 1. The first kappa shape index (κ1) is 22.1. The number of ether oxygens (including phenoxy) is 1. The Bertz CT molecular complexity index is 925. The van der Waals surface area contributed by atoms with E-state index in [9.17, 15) is 13.2 Å². The molecule has 0 atom stereocenters. The molecule has 1 heterocycles. The van der Waals surface area contributed by atoms with Gasteiger partial charge in [0.05, 0.1) is 17.2 Å². The lowest BCUT2D eigenvalue weighted by molar-refractivity contribution is -0.131. The third-order valence-electron chi connectivity index (χ3n) is 5.22. The first-order chi connectivity index (χ1) is 14.5. The fourth-order valence-corrected chi connectivity index (χ4v) is 4.88. The summed E-state index contributed by atoms with van der Waals surface area (Å²) in [5.74, 6) is 0.458. The summed E-state index contributed by atoms with van der Waals surface area (Å²) in [5.41, 5.74) is 0.433. The van der Waals surface area contributed by atoms with Gasteiger partial charge in [0.25, 0.3) is 10.0 Å². The molecule has 0 aliphatic carbocycles. The fraction of sp³-hybridized carbons (Fsp3) is 0.409. The van der Waals surface area contributed by atoms with Gasteiger partial charge in [-0.05, 0) is 49.9 Å². The van der Waals surface area contributed by atoms with Gasteiger partial charge in [0.1, 0.15) is 12.3 Å². The third kappa shape index (κ3) is 5.12. The Morgan fingerprint density at radius 3 is 2.17 bits per heavy atom. The standard InChI is InChI=1S/C22H29N3O4S/c1-3-23-14-16-24(17-15-23)22(26)18-25(19-10-12-20(13-11-19)29-4-2)30(27,28)21-8-6-5-7-9-21/h5-13H,3-4,14-18H2,1-2H3. The quantitative estimate of drug-likeness (QED) is 0.642. The van der Waals surface area contributed by atoms with Crippen molar-refractivity contribution < 1.29 is 17.9 Å². The van der Waals surface area contributed by atoms with Crippen LogP contribution in [0.1, 0.15) is 13.8 Å². The Hall–Kier alpha value is -2.58. The average molecular weight is 432 g/mol. The number of benzene rings is 2. The van der Waals surface area contributed by atoms with Gasteiger partial charge in [-0.3, -0.25) is 9.10 Å². The van der Waals surface area contributed by atoms with Crippen LogP contribution in [0.15, 0.2) is 59.5 Å². The van der Waals surface area contributed by atoms with E-state index in [0.29, 0.717) is 31.1 Å². The minimum Gasteiger partial charge on any atom is -0.494 e. The van der Waals surface area contributed by atoms with Crippen molar-refractivity contribution in [3.8, 4) is 5.75 Å². The Morgan fingerprint density at radius 2 is 1.60 bits per heavy atom. The predicted octanol–water partition coefficient (Wildman–Crippen LogP) is 2.44. The molecule has 2 aromatic carbocycles. The number of amides is 1. The molecular weight excluding hydrogens is 402 g/mol. The molecule has 0 saturated carbocycles. The molecule has 0 spiro atoms. The minimum atomic E-state index is -3.89. The van der Waals surface area contributed by atoms with Crippen molar-refractivity contribution in [1.29, 1.82) is 0 Å². The summed E-state index contributed by atoms with van der Waals surface area (Å²) < 4.78 is 33.4. The number of rotatable bonds is 8. The maximum Gasteiger partial charge on any atom is 0.264 e. The Morgan fingerprint density at radius 1 is 0.967 bits per heavy atom. The lowest BCUT2D eigenvalue weighted by Crippen LogP contribution is -2.51. The van der Waals surface area contributed by atoms with E-state index in [1.165, 1.54) is 4.31 Å². The van der Waals surface area contributed by atoms with Crippen LogP contribution in [0.5, 0.6) is 5.75 Å². The molecule has 7 nitrogen and oxygen atoms in total. The highest BCUT2D eigenvalue weighted by atomic mass is 32.2. The summed E-state index contributed by atoms with van der Waals surface area (Å²) in [4.78, 5) is 17.2. The van der Waals surface area contributed by atoms with E-state index < -0.39 is 10.0 Å². The smallest absolute Gasteiger partial charge is 0.264 e. The third-order valence-corrected chi connectivity index (χ3v) is 7.01. The summed E-state index contributed by atoms with van der Waals surface area (Å²) in [6, 6.07) is 15.0. The highest BCUT2D eigenvalue weighted by Gasteiger charge is 2.30. The maximum atomic E-state index is 13.4. The normalized spacial score (nSPS) is 15.1. The summed E-state index contributed by atoms with van der Waals surface area (Å²) in [6.07, 6.45) is 0. The monoisotopic (exact) mass is 431 g/mol. The lowest BCUT2D eigenvalue weighted by atomic mass is 10.3. The van der Waals surface area contributed by atoms with Gasteiger partial charge in [0, 0.05) is 26.2 Å². The van der Waals surface area contributed by atoms with E-state index in [-0.39, 0.29) is 17.3 Å². The molecule has 1 aliphatic heterocycles. The van der Waals surface area contributed by atoms with Crippen molar-refractivity contribution in [2.24, 2.45) is 0 Å². The van der Waals surface area contributed by atoms with Crippen LogP contribution in [-0.2, 0) is 14.8 Å². The molecule has 0 aromatic heterocycles. The lowest BCUT2D eigenvalue weighted by Gasteiger charge is -2.35. The molecule has 162 valence electrons. The number of nitrogens with zero attached hydrogens (tertiary/aromatic N) is 3. The molecule has 2 aromatic rings. The summed E-state index contributed by atoms with van der Waals surface area (Å²) in [5, 5.41) is 0. The highest BCUT2D eigenvalue weighted by Crippen LogP contribution is 2.26. The van der Waals surface area contributed by atoms with Crippen molar-refractivity contribution in [2.75, 3.05) is 50.2 Å². The van der Waals surface area contributed by atoms with Crippen molar-refractivity contribution in [3.05, 3.63) is 54.6 Å². The molecule has 1 saturated heterocycles. The van der Waals surface area contributed by atoms with E-state index in [4.69, 9.17) is 4.74 Å². The molecule has 0 bridgehead atoms. The second-order valence-corrected chi connectivity index (χ2v) is 8.93. The van der Waals surface area contributed by atoms with Crippen molar-refractivity contribution in [3.63, 3.8) is 0 Å². The number of hydrogen-bond donors (Lipinski definition) is 0. The van der Waals surface area contributed by atoms with Crippen LogP contribution in [0, 0.1) is 0 Å². The zero-order valence-corrected chi connectivity index (χ0v) is 18.3. The van der Waals surface area contributed by atoms with Gasteiger partial charge in [0.15, 0.2) is 0 Å². The van der Waals surface area contributed by atoms with Gasteiger partial charge >= 0.3 is 0 Å². The SMILES string of the molecule is CCOc1ccc(N(CC(=O)N2CCN(CC)CC2)S(=O)(=O)c2ccccc2)cc1. The molecule has 1 fully saturated rings. The number of sulfonamides is 1. The summed E-state index contributed by atoms with van der Waals surface area (Å²) in [6.45, 7) is 8.03. The van der Waals surface area contributed by atoms with E-state index in [0.717, 1.165) is 19.6 Å². The van der Waals surface area contributed by atoms with Crippen LogP contribution in [0.2, 0.25) is 0 Å². The summed E-state index contributed by atoms with van der Waals surface area (Å²) in [7, 11) is -3.89. The van der Waals surface area contributed by atoms with Gasteiger partial charge < -0.3 is 14.5 Å². The molecule has 3 rings (SSSR count). The minimum absolute atomic E-state index is 0.155. The number of carbonyl (C=O) groups is 1. The Kier molecular flexibility index (Phi) is 7.33. The number of carbonyl (C=O) groups excluding carboxylic acids is 1. The maximum absolute atomic E-state index is 13.4. The van der Waals surface area contributed by atoms with Crippen LogP contribution in [0.3, 0.4) is 0 Å². The van der Waals surface area contributed by atoms with Crippen LogP contribution in [-0.4, -0.2) is 70.0 Å². The molecule has 0 N–H and O–H groups in total. The van der Waals surface area contributed by atoms with Gasteiger partial charge in [-0.25, -0.2) is 8.42 Å². The molecule has 0 radical (unpaired) electrons. The molecule has 8 heteroatoms. The van der Waals surface area contributed by atoms with Crippen molar-refractivity contribution in [2.45, 2.75) is 18.7 Å². The zero-order chi connectivity index (χ0) is 21.6. The highest BCUT2D eigenvalue weighted by molar-refractivity contribution is 7.92. The fourth-order valence-electron chi connectivity index (χ4n) is 3.45. The van der Waals surface area contributed by atoms with Crippen molar-refractivity contribution >= 4 is 21.6 Å². The predicted molar refractivity (Wildman–Crippen MR) is 117 cm³/mol. The molecule has 1 amide bonds. The average Bonchev–Trinajstić information content (AvgIpc) is 2.79. The van der Waals surface area contributed by atoms with E-state index in [1.54, 1.807) is 59.5 Å². The van der Waals surface area contributed by atoms with Crippen molar-refractivity contribution in [1.82, 2.24) is 9.80 Å². The number of hydrogen-bond acceptors (Lipinski definition) is 5.